The highest BCUT2D eigenvalue weighted by molar-refractivity contribution is 8.76. The van der Waals surface area contributed by atoms with Crippen LogP contribution >= 0.6 is 33.2 Å². The number of esters is 1. The van der Waals surface area contributed by atoms with E-state index in [4.69, 9.17) is 35.3 Å². The van der Waals surface area contributed by atoms with Crippen LogP contribution in [0.3, 0.4) is 0 Å². The molecule has 1 aromatic carbocycles. The van der Waals surface area contributed by atoms with Gasteiger partial charge < -0.3 is 38.6 Å². The van der Waals surface area contributed by atoms with Crippen molar-refractivity contribution in [3.05, 3.63) is 46.5 Å². The fourth-order valence-electron chi connectivity index (χ4n) is 6.61. The molecule has 0 aliphatic carbocycles. The Morgan fingerprint density at radius 1 is 1.27 bits per heavy atom. The van der Waals surface area contributed by atoms with E-state index in [1.165, 1.54) is 31.1 Å². The molecule has 3 amide bonds. The monoisotopic (exact) mass is 783 g/mol. The molecule has 8 atom stereocenters. The quantitative estimate of drug-likeness (QED) is 0.151. The Morgan fingerprint density at radius 2 is 1.98 bits per heavy atom. The molecule has 0 spiro atoms. The summed E-state index contributed by atoms with van der Waals surface area (Å²) in [6.07, 6.45) is 3.17. The van der Waals surface area contributed by atoms with Crippen molar-refractivity contribution in [2.24, 2.45) is 5.92 Å². The summed E-state index contributed by atoms with van der Waals surface area (Å²) in [5.41, 5.74) is -0.884. The smallest absolute Gasteiger partial charge is 0.409 e. The largest absolute Gasteiger partial charge is 0.495 e. The second-order valence-corrected chi connectivity index (χ2v) is 16.7. The van der Waals surface area contributed by atoms with Gasteiger partial charge in [-0.15, -0.1) is 0 Å². The van der Waals surface area contributed by atoms with Crippen LogP contribution in [0.1, 0.15) is 52.5 Å². The highest BCUT2D eigenvalue weighted by Gasteiger charge is 2.64. The van der Waals surface area contributed by atoms with Crippen LogP contribution < -0.4 is 15.0 Å². The van der Waals surface area contributed by atoms with Gasteiger partial charge in [-0.1, -0.05) is 63.9 Å². The lowest BCUT2D eigenvalue weighted by Crippen LogP contribution is -2.63. The predicted molar refractivity (Wildman–Crippen MR) is 202 cm³/mol. The van der Waals surface area contributed by atoms with Crippen molar-refractivity contribution in [2.45, 2.75) is 95.2 Å². The Labute approximate surface area is 318 Å². The molecular weight excluding hydrogens is 734 g/mol. The number of likely N-dealkylation sites (N-methyl/N-ethyl adjacent to an activating group) is 1. The first kappa shape index (κ1) is 41.8. The summed E-state index contributed by atoms with van der Waals surface area (Å²) in [5, 5.41) is 14.5. The number of hydrogen-bond donors (Lipinski definition) is 2. The first-order valence-corrected chi connectivity index (χ1v) is 20.1. The van der Waals surface area contributed by atoms with Crippen LogP contribution in [-0.4, -0.2) is 116 Å². The van der Waals surface area contributed by atoms with E-state index in [0.29, 0.717) is 23.6 Å². The lowest BCUT2D eigenvalue weighted by atomic mass is 9.83. The number of rotatable bonds is 9. The summed E-state index contributed by atoms with van der Waals surface area (Å²) in [5.74, 6) is -0.916. The number of ether oxygens (including phenoxy) is 5. The van der Waals surface area contributed by atoms with Gasteiger partial charge in [0.2, 0.25) is 11.8 Å². The molecule has 2 N–H and O–H groups in total. The number of carbonyl (C=O) groups excluding carboxylic acids is 4. The van der Waals surface area contributed by atoms with Crippen LogP contribution in [-0.2, 0) is 39.8 Å². The molecule has 2 fully saturated rings. The number of allylic oxidation sites excluding steroid dienone is 3. The predicted octanol–water partition coefficient (Wildman–Crippen LogP) is 4.92. The van der Waals surface area contributed by atoms with Gasteiger partial charge in [-0.2, -0.15) is 0 Å². The van der Waals surface area contributed by atoms with Crippen LogP contribution in [0, 0.1) is 5.92 Å². The van der Waals surface area contributed by atoms with E-state index in [2.05, 4.69) is 5.32 Å². The second kappa shape index (κ2) is 17.5. The summed E-state index contributed by atoms with van der Waals surface area (Å²) in [6, 6.07) is 2.63. The summed E-state index contributed by atoms with van der Waals surface area (Å²) in [4.78, 5) is 56.2. The van der Waals surface area contributed by atoms with Crippen molar-refractivity contribution in [3.63, 3.8) is 0 Å². The van der Waals surface area contributed by atoms with Gasteiger partial charge in [-0.25, -0.2) is 9.59 Å². The van der Waals surface area contributed by atoms with Crippen LogP contribution in [0.4, 0.5) is 10.5 Å². The number of methoxy groups -OCH3 is 2. The number of anilines is 1. The lowest BCUT2D eigenvalue weighted by molar-refractivity contribution is -0.161. The van der Waals surface area contributed by atoms with Crippen LogP contribution in [0.2, 0.25) is 5.02 Å². The Bertz CT molecular complexity index is 1580. The Balaban J connectivity index is 1.74. The molecule has 0 aromatic heterocycles. The molecular formula is C36H50ClN3O10S2. The molecule has 288 valence electrons. The molecule has 3 aliphatic heterocycles. The molecule has 7 unspecified atom stereocenters. The van der Waals surface area contributed by atoms with Gasteiger partial charge in [-0.3, -0.25) is 14.9 Å². The van der Waals surface area contributed by atoms with Gasteiger partial charge in [0.05, 0.1) is 25.3 Å². The SMILES string of the molecule is COc1cc2cc(c1Cl)N(C)C(=O)CC(OC(=O)[C@H](C)N(C)C(=O)CCSSC)C1(C)OC1C(C)C1CC(O)(NC(=O)O1)C(OC)/C=C/C=C(\C)C2. The second-order valence-electron chi connectivity index (χ2n) is 13.6. The van der Waals surface area contributed by atoms with Gasteiger partial charge >= 0.3 is 12.1 Å². The molecule has 52 heavy (non-hydrogen) atoms. The molecule has 2 saturated heterocycles. The summed E-state index contributed by atoms with van der Waals surface area (Å²) in [6.45, 7) is 7.02. The number of aliphatic hydroxyl groups is 1. The number of benzene rings is 1. The van der Waals surface area contributed by atoms with E-state index in [9.17, 15) is 24.3 Å². The molecule has 4 bridgehead atoms. The molecule has 16 heteroatoms. The average molecular weight is 784 g/mol. The number of halogens is 1. The number of alkyl carbamates (subject to hydrolysis) is 1. The molecule has 0 radical (unpaired) electrons. The van der Waals surface area contributed by atoms with E-state index in [1.54, 1.807) is 73.7 Å². The zero-order chi connectivity index (χ0) is 38.5. The minimum Gasteiger partial charge on any atom is -0.495 e. The minimum atomic E-state index is -1.82. The topological polar surface area (TPSA) is 156 Å². The normalized spacial score (nSPS) is 31.6. The van der Waals surface area contributed by atoms with E-state index < -0.39 is 65.7 Å². The van der Waals surface area contributed by atoms with Crippen molar-refractivity contribution in [2.75, 3.05) is 45.2 Å². The Hall–Kier alpha value is -2.95. The highest BCUT2D eigenvalue weighted by Crippen LogP contribution is 2.49. The van der Waals surface area contributed by atoms with Crippen LogP contribution in [0.25, 0.3) is 0 Å². The average Bonchev–Trinajstić information content (AvgIpc) is 3.80. The third-order valence-corrected chi connectivity index (χ3v) is 12.2. The lowest BCUT2D eigenvalue weighted by Gasteiger charge is -2.42. The Morgan fingerprint density at radius 3 is 2.63 bits per heavy atom. The fourth-order valence-corrected chi connectivity index (χ4v) is 8.09. The van der Waals surface area contributed by atoms with Crippen molar-refractivity contribution in [1.82, 2.24) is 10.2 Å². The van der Waals surface area contributed by atoms with E-state index in [1.807, 2.05) is 19.3 Å². The maximum Gasteiger partial charge on any atom is 0.409 e. The molecule has 3 aliphatic rings. The summed E-state index contributed by atoms with van der Waals surface area (Å²) < 4.78 is 29.2. The molecule has 0 saturated carbocycles. The minimum absolute atomic E-state index is 0.0452. The van der Waals surface area contributed by atoms with Crippen molar-refractivity contribution in [1.29, 1.82) is 0 Å². The zero-order valence-corrected chi connectivity index (χ0v) is 33.5. The Kier molecular flexibility index (Phi) is 14.0. The highest BCUT2D eigenvalue weighted by atomic mass is 35.5. The number of amides is 3. The van der Waals surface area contributed by atoms with Crippen LogP contribution in [0.15, 0.2) is 35.9 Å². The molecule has 1 aromatic rings. The maximum atomic E-state index is 14.1. The zero-order valence-electron chi connectivity index (χ0n) is 31.1. The number of nitrogens with zero attached hydrogens (tertiary/aromatic N) is 2. The first-order chi connectivity index (χ1) is 24.5. The van der Waals surface area contributed by atoms with Gasteiger partial charge in [0.25, 0.3) is 0 Å². The van der Waals surface area contributed by atoms with Gasteiger partial charge in [0.15, 0.2) is 5.72 Å². The third-order valence-electron chi connectivity index (χ3n) is 10.0. The maximum absolute atomic E-state index is 14.1. The first-order valence-electron chi connectivity index (χ1n) is 17.0. The number of epoxide rings is 1. The van der Waals surface area contributed by atoms with Gasteiger partial charge in [0.1, 0.15) is 40.7 Å². The van der Waals surface area contributed by atoms with E-state index in [-0.39, 0.29) is 30.2 Å². The van der Waals surface area contributed by atoms with Crippen molar-refractivity contribution in [3.8, 4) is 5.75 Å². The number of fused-ring (bicyclic) bond motifs is 5. The van der Waals surface area contributed by atoms with E-state index >= 15 is 0 Å². The van der Waals surface area contributed by atoms with E-state index in [0.717, 1.165) is 11.1 Å². The van der Waals surface area contributed by atoms with Crippen LogP contribution in [0.5, 0.6) is 5.75 Å². The van der Waals surface area contributed by atoms with Crippen molar-refractivity contribution < 1.29 is 48.0 Å². The standard InChI is InChI=1S/C36H50ClN3O10S2/c1-20-11-10-12-27(47-8)36(45)19-26(48-34(44)38-36)21(2)32-35(4,50-32)28(49-33(43)22(3)39(5)29(41)13-14-52-51-9)18-30(42)40(6)24-16-23(15-20)17-25(46-7)31(24)37/h10-12,16-17,21-22,26-28,32,45H,13-15,18-19H2,1-9H3,(H,38,44)/b12-10+,20-11+/t21?,22-,26?,27?,28?,32?,35?,36?/m0/s1. The van der Waals surface area contributed by atoms with Gasteiger partial charge in [-0.05, 0) is 51.1 Å². The summed E-state index contributed by atoms with van der Waals surface area (Å²) >= 11 is 6.75. The fraction of sp³-hybridized carbons (Fsp3) is 0.611. The molecule has 4 rings (SSSR count). The number of hydrogen-bond acceptors (Lipinski definition) is 12. The van der Waals surface area contributed by atoms with Gasteiger partial charge in [0, 0.05) is 45.7 Å². The van der Waals surface area contributed by atoms with Crippen molar-refractivity contribution >= 4 is 62.8 Å². The number of carbonyl (C=O) groups is 4. The third kappa shape index (κ3) is 9.40. The number of nitrogens with one attached hydrogen (secondary N) is 1. The molecule has 3 heterocycles. The summed E-state index contributed by atoms with van der Waals surface area (Å²) in [7, 11) is 9.14. The molecule has 13 nitrogen and oxygen atoms in total.